The second kappa shape index (κ2) is 7.62. The molecule has 1 aromatic rings. The average molecular weight is 369 g/mol. The first-order valence-electron chi connectivity index (χ1n) is 6.13. The second-order valence-corrected chi connectivity index (χ2v) is 7.91. The van der Waals surface area contributed by atoms with Crippen molar-refractivity contribution >= 4 is 37.6 Å². The second-order valence-electron chi connectivity index (χ2n) is 4.89. The first-order valence-corrected chi connectivity index (χ1v) is 9.11. The Balaban J connectivity index is 2.55. The van der Waals surface area contributed by atoms with E-state index in [1.807, 2.05) is 38.1 Å². The number of rotatable bonds is 7. The Morgan fingerprint density at radius 2 is 1.84 bits per heavy atom. The van der Waals surface area contributed by atoms with Crippen LogP contribution < -0.4 is 4.72 Å². The van der Waals surface area contributed by atoms with Gasteiger partial charge in [-0.3, -0.25) is 0 Å². The number of hydrogen-bond acceptors (Lipinski definition) is 2. The van der Waals surface area contributed by atoms with Gasteiger partial charge in [0.2, 0.25) is 10.0 Å². The Morgan fingerprint density at radius 3 is 2.37 bits per heavy atom. The van der Waals surface area contributed by atoms with Crippen molar-refractivity contribution in [3.63, 3.8) is 0 Å². The summed E-state index contributed by atoms with van der Waals surface area (Å²) in [6, 6.07) is 7.74. The Kier molecular flexibility index (Phi) is 6.80. The minimum atomic E-state index is -3.26. The van der Waals surface area contributed by atoms with Crippen LogP contribution in [0.4, 0.5) is 0 Å². The highest BCUT2D eigenvalue weighted by Gasteiger charge is 2.17. The number of hydrogen-bond donors (Lipinski definition) is 1. The summed E-state index contributed by atoms with van der Waals surface area (Å²) < 4.78 is 27.5. The molecule has 0 aliphatic carbocycles. The zero-order chi connectivity index (χ0) is 14.5. The van der Waals surface area contributed by atoms with Crippen LogP contribution in [0.1, 0.15) is 19.4 Å². The summed E-state index contributed by atoms with van der Waals surface area (Å²) in [5, 5.41) is 0. The lowest BCUT2D eigenvalue weighted by molar-refractivity contribution is 0.549. The molecule has 1 rings (SSSR count). The highest BCUT2D eigenvalue weighted by atomic mass is 79.9. The summed E-state index contributed by atoms with van der Waals surface area (Å²) in [6.07, 6.45) is 0.668. The first-order chi connectivity index (χ1) is 8.82. The third-order valence-corrected chi connectivity index (χ3v) is 5.43. The van der Waals surface area contributed by atoms with E-state index in [4.69, 9.17) is 11.6 Å². The lowest BCUT2D eigenvalue weighted by Gasteiger charge is -2.16. The van der Waals surface area contributed by atoms with Gasteiger partial charge in [-0.05, 0) is 37.0 Å². The summed E-state index contributed by atoms with van der Waals surface area (Å²) in [5.74, 6) is 0.377. The number of benzene rings is 1. The fourth-order valence-electron chi connectivity index (χ4n) is 1.79. The molecular formula is C13H19BrClNO2S. The molecule has 2 atom stereocenters. The van der Waals surface area contributed by atoms with E-state index in [0.29, 0.717) is 12.3 Å². The van der Waals surface area contributed by atoms with Gasteiger partial charge in [0.25, 0.3) is 0 Å². The van der Waals surface area contributed by atoms with Crippen molar-refractivity contribution in [2.45, 2.75) is 26.3 Å². The molecular weight excluding hydrogens is 350 g/mol. The normalized spacial score (nSPS) is 15.2. The zero-order valence-electron chi connectivity index (χ0n) is 11.1. The highest BCUT2D eigenvalue weighted by molar-refractivity contribution is 9.10. The van der Waals surface area contributed by atoms with Gasteiger partial charge in [-0.25, -0.2) is 13.1 Å². The topological polar surface area (TPSA) is 46.2 Å². The molecule has 3 nitrogen and oxygen atoms in total. The molecule has 0 saturated heterocycles. The fourth-order valence-corrected chi connectivity index (χ4v) is 3.95. The largest absolute Gasteiger partial charge is 0.212 e. The first kappa shape index (κ1) is 17.0. The predicted octanol–water partition coefficient (Wildman–Crippen LogP) is 3.17. The van der Waals surface area contributed by atoms with Crippen LogP contribution >= 0.6 is 27.5 Å². The summed E-state index contributed by atoms with van der Waals surface area (Å²) in [7, 11) is -3.26. The van der Waals surface area contributed by atoms with Gasteiger partial charge >= 0.3 is 0 Å². The Morgan fingerprint density at radius 1 is 1.26 bits per heavy atom. The van der Waals surface area contributed by atoms with Crippen LogP contribution in [-0.4, -0.2) is 26.1 Å². The van der Waals surface area contributed by atoms with E-state index in [-0.39, 0.29) is 17.7 Å². The molecule has 2 unspecified atom stereocenters. The van der Waals surface area contributed by atoms with Gasteiger partial charge < -0.3 is 0 Å². The van der Waals surface area contributed by atoms with Gasteiger partial charge in [-0.2, -0.15) is 0 Å². The van der Waals surface area contributed by atoms with Crippen molar-refractivity contribution in [3.05, 3.63) is 34.3 Å². The van der Waals surface area contributed by atoms with Crippen molar-refractivity contribution < 1.29 is 8.42 Å². The van der Waals surface area contributed by atoms with Crippen LogP contribution in [0.2, 0.25) is 0 Å². The zero-order valence-corrected chi connectivity index (χ0v) is 14.2. The standard InChI is InChI=1S/C13H19BrClNO2S/c1-10(8-15)9-19(17,18)16-11(2)7-12-3-5-13(14)6-4-12/h3-6,10-11,16H,7-9H2,1-2H3. The Bertz CT molecular complexity index is 490. The van der Waals surface area contributed by atoms with Gasteiger partial charge in [-0.1, -0.05) is 35.0 Å². The van der Waals surface area contributed by atoms with Crippen LogP contribution in [-0.2, 0) is 16.4 Å². The van der Waals surface area contributed by atoms with Crippen molar-refractivity contribution in [2.75, 3.05) is 11.6 Å². The summed E-state index contributed by atoms with van der Waals surface area (Å²) in [5.41, 5.74) is 1.10. The number of sulfonamides is 1. The van der Waals surface area contributed by atoms with Gasteiger partial charge in [-0.15, -0.1) is 11.6 Å². The molecule has 1 N–H and O–H groups in total. The van der Waals surface area contributed by atoms with Crippen LogP contribution in [0.25, 0.3) is 0 Å². The lowest BCUT2D eigenvalue weighted by atomic mass is 10.1. The van der Waals surface area contributed by atoms with Crippen molar-refractivity contribution in [1.82, 2.24) is 4.72 Å². The number of alkyl halides is 1. The van der Waals surface area contributed by atoms with Crippen molar-refractivity contribution in [1.29, 1.82) is 0 Å². The molecule has 0 radical (unpaired) electrons. The SMILES string of the molecule is CC(CCl)CS(=O)(=O)NC(C)Cc1ccc(Br)cc1. The molecule has 0 aliphatic heterocycles. The van der Waals surface area contributed by atoms with Gasteiger partial charge in [0, 0.05) is 16.4 Å². The van der Waals surface area contributed by atoms with Crippen LogP contribution in [0.5, 0.6) is 0 Å². The highest BCUT2D eigenvalue weighted by Crippen LogP contribution is 2.12. The van der Waals surface area contributed by atoms with E-state index in [1.54, 1.807) is 0 Å². The van der Waals surface area contributed by atoms with Crippen LogP contribution in [0.3, 0.4) is 0 Å². The average Bonchev–Trinajstić information content (AvgIpc) is 2.30. The third kappa shape index (κ3) is 6.75. The minimum Gasteiger partial charge on any atom is -0.212 e. The maximum Gasteiger partial charge on any atom is 0.212 e. The molecule has 0 bridgehead atoms. The van der Waals surface area contributed by atoms with Gasteiger partial charge in [0.1, 0.15) is 0 Å². The minimum absolute atomic E-state index is 0.0425. The molecule has 0 amide bonds. The third-order valence-electron chi connectivity index (χ3n) is 2.60. The maximum atomic E-state index is 11.9. The molecule has 1 aromatic carbocycles. The maximum absolute atomic E-state index is 11.9. The van der Waals surface area contributed by atoms with E-state index in [9.17, 15) is 8.42 Å². The molecule has 108 valence electrons. The Labute approximate surface area is 128 Å². The van der Waals surface area contributed by atoms with Gasteiger partial charge in [0.15, 0.2) is 0 Å². The summed E-state index contributed by atoms with van der Waals surface area (Å²) in [4.78, 5) is 0. The van der Waals surface area contributed by atoms with Gasteiger partial charge in [0.05, 0.1) is 5.75 Å². The Hall–Kier alpha value is -0.100. The molecule has 0 aliphatic rings. The molecule has 0 aromatic heterocycles. The molecule has 0 saturated carbocycles. The van der Waals surface area contributed by atoms with Crippen LogP contribution in [0.15, 0.2) is 28.7 Å². The molecule has 0 heterocycles. The smallest absolute Gasteiger partial charge is 0.212 e. The van der Waals surface area contributed by atoms with E-state index < -0.39 is 10.0 Å². The summed E-state index contributed by atoms with van der Waals surface area (Å²) in [6.45, 7) is 3.69. The lowest BCUT2D eigenvalue weighted by Crippen LogP contribution is -2.37. The predicted molar refractivity (Wildman–Crippen MR) is 84.1 cm³/mol. The van der Waals surface area contributed by atoms with E-state index in [1.165, 1.54) is 0 Å². The number of halogens is 2. The fraction of sp³-hybridized carbons (Fsp3) is 0.538. The summed E-state index contributed by atoms with van der Waals surface area (Å²) >= 11 is 9.01. The van der Waals surface area contributed by atoms with E-state index >= 15 is 0 Å². The molecule has 19 heavy (non-hydrogen) atoms. The molecule has 0 fully saturated rings. The molecule has 0 spiro atoms. The monoisotopic (exact) mass is 367 g/mol. The molecule has 6 heteroatoms. The quantitative estimate of drug-likeness (QED) is 0.751. The van der Waals surface area contributed by atoms with E-state index in [2.05, 4.69) is 20.7 Å². The van der Waals surface area contributed by atoms with Crippen molar-refractivity contribution in [2.24, 2.45) is 5.92 Å². The number of nitrogens with one attached hydrogen (secondary N) is 1. The van der Waals surface area contributed by atoms with Crippen LogP contribution in [0, 0.1) is 5.92 Å². The van der Waals surface area contributed by atoms with Crippen molar-refractivity contribution in [3.8, 4) is 0 Å². The van der Waals surface area contributed by atoms with E-state index in [0.717, 1.165) is 10.0 Å².